The van der Waals surface area contributed by atoms with Crippen molar-refractivity contribution in [2.75, 3.05) is 33.3 Å². The number of nitrogens with zero attached hydrogens (tertiary/aromatic N) is 2. The summed E-state index contributed by atoms with van der Waals surface area (Å²) in [7, 11) is 1.65. The lowest BCUT2D eigenvalue weighted by Gasteiger charge is -2.39. The van der Waals surface area contributed by atoms with Gasteiger partial charge in [-0.05, 0) is 43.4 Å². The fourth-order valence-corrected chi connectivity index (χ4v) is 4.06. The second kappa shape index (κ2) is 7.98. The van der Waals surface area contributed by atoms with Gasteiger partial charge in [0.15, 0.2) is 0 Å². The number of urea groups is 1. The summed E-state index contributed by atoms with van der Waals surface area (Å²) in [6.45, 7) is 5.29. The topological polar surface area (TPSA) is 61.9 Å². The Bertz CT molecular complexity index is 663. The van der Waals surface area contributed by atoms with Crippen molar-refractivity contribution >= 4 is 11.9 Å². The van der Waals surface area contributed by atoms with Gasteiger partial charge in [-0.25, -0.2) is 4.79 Å². The molecule has 0 aliphatic carbocycles. The molecule has 0 saturated carbocycles. The Balaban J connectivity index is 1.67. The first-order valence-corrected chi connectivity index (χ1v) is 9.53. The largest absolute Gasteiger partial charge is 0.497 e. The van der Waals surface area contributed by atoms with Gasteiger partial charge in [-0.15, -0.1) is 0 Å². The first kappa shape index (κ1) is 18.5. The standard InChI is InChI=1S/C20H29N3O3/c1-3-10-21-19(25)23-12-9-20(15-23)8-5-11-22(18(20)24)14-16-6-4-7-17(13-16)26-2/h4,6-7,13H,3,5,8-12,14-15H2,1-2H3,(H,21,25)/t20-/m1/s1. The zero-order chi connectivity index (χ0) is 18.6. The van der Waals surface area contributed by atoms with Gasteiger partial charge >= 0.3 is 6.03 Å². The number of piperidine rings is 1. The molecule has 3 amide bonds. The van der Waals surface area contributed by atoms with Gasteiger partial charge in [-0.3, -0.25) is 4.79 Å². The molecule has 6 nitrogen and oxygen atoms in total. The molecule has 1 atom stereocenters. The fourth-order valence-electron chi connectivity index (χ4n) is 4.06. The van der Waals surface area contributed by atoms with E-state index in [1.165, 1.54) is 0 Å². The van der Waals surface area contributed by atoms with Crippen molar-refractivity contribution < 1.29 is 14.3 Å². The van der Waals surface area contributed by atoms with E-state index in [9.17, 15) is 9.59 Å². The van der Waals surface area contributed by atoms with Gasteiger partial charge in [-0.2, -0.15) is 0 Å². The molecule has 1 N–H and O–H groups in total. The maximum atomic E-state index is 13.2. The molecule has 2 heterocycles. The van der Waals surface area contributed by atoms with Crippen molar-refractivity contribution in [2.45, 2.75) is 39.2 Å². The van der Waals surface area contributed by atoms with Crippen molar-refractivity contribution in [3.05, 3.63) is 29.8 Å². The van der Waals surface area contributed by atoms with Gasteiger partial charge in [0.2, 0.25) is 5.91 Å². The number of hydrogen-bond donors (Lipinski definition) is 1. The zero-order valence-corrected chi connectivity index (χ0v) is 15.8. The molecular weight excluding hydrogens is 330 g/mol. The van der Waals surface area contributed by atoms with Crippen molar-refractivity contribution in [1.29, 1.82) is 0 Å². The number of nitrogens with one attached hydrogen (secondary N) is 1. The van der Waals surface area contributed by atoms with E-state index in [0.717, 1.165) is 43.5 Å². The molecule has 1 spiro atoms. The Morgan fingerprint density at radius 1 is 1.31 bits per heavy atom. The molecular formula is C20H29N3O3. The number of carbonyl (C=O) groups is 2. The minimum absolute atomic E-state index is 0.0403. The molecule has 2 aliphatic rings. The lowest BCUT2D eigenvalue weighted by Crippen LogP contribution is -2.50. The molecule has 6 heteroatoms. The summed E-state index contributed by atoms with van der Waals surface area (Å²) in [6, 6.07) is 7.83. The quantitative estimate of drug-likeness (QED) is 0.879. The molecule has 142 valence electrons. The van der Waals surface area contributed by atoms with Crippen LogP contribution in [0, 0.1) is 5.41 Å². The first-order valence-electron chi connectivity index (χ1n) is 9.53. The highest BCUT2D eigenvalue weighted by atomic mass is 16.5. The van der Waals surface area contributed by atoms with E-state index in [0.29, 0.717) is 26.2 Å². The Kier molecular flexibility index (Phi) is 5.69. The zero-order valence-electron chi connectivity index (χ0n) is 15.8. The molecule has 0 unspecified atom stereocenters. The van der Waals surface area contributed by atoms with E-state index >= 15 is 0 Å². The average Bonchev–Trinajstić information content (AvgIpc) is 3.09. The van der Waals surface area contributed by atoms with Gasteiger partial charge < -0.3 is 19.9 Å². The Morgan fingerprint density at radius 2 is 2.15 bits per heavy atom. The SMILES string of the molecule is CCCNC(=O)N1CC[C@]2(CCCN(Cc3cccc(OC)c3)C2=O)C1. The summed E-state index contributed by atoms with van der Waals surface area (Å²) in [5, 5.41) is 2.92. The lowest BCUT2D eigenvalue weighted by molar-refractivity contribution is -0.146. The molecule has 2 aliphatic heterocycles. The molecule has 26 heavy (non-hydrogen) atoms. The van der Waals surface area contributed by atoms with Gasteiger partial charge in [0.05, 0.1) is 12.5 Å². The lowest BCUT2D eigenvalue weighted by atomic mass is 9.78. The third-order valence-electron chi connectivity index (χ3n) is 5.50. The van der Waals surface area contributed by atoms with Crippen LogP contribution in [0.15, 0.2) is 24.3 Å². The summed E-state index contributed by atoms with van der Waals surface area (Å²) >= 11 is 0. The molecule has 1 aromatic carbocycles. The van der Waals surface area contributed by atoms with Gasteiger partial charge in [-0.1, -0.05) is 19.1 Å². The number of amides is 3. The first-order chi connectivity index (χ1) is 12.6. The van der Waals surface area contributed by atoms with Crippen LogP contribution in [-0.4, -0.2) is 55.0 Å². The van der Waals surface area contributed by atoms with Crippen LogP contribution in [0.25, 0.3) is 0 Å². The summed E-state index contributed by atoms with van der Waals surface area (Å²) in [5.74, 6) is 0.999. The number of hydrogen-bond acceptors (Lipinski definition) is 3. The summed E-state index contributed by atoms with van der Waals surface area (Å²) in [6.07, 6.45) is 3.54. The van der Waals surface area contributed by atoms with Crippen molar-refractivity contribution in [3.8, 4) is 5.75 Å². The maximum Gasteiger partial charge on any atom is 0.317 e. The van der Waals surface area contributed by atoms with Crippen LogP contribution in [0.3, 0.4) is 0 Å². The van der Waals surface area contributed by atoms with E-state index in [2.05, 4.69) is 5.32 Å². The van der Waals surface area contributed by atoms with Gasteiger partial charge in [0.25, 0.3) is 0 Å². The van der Waals surface area contributed by atoms with E-state index in [1.807, 2.05) is 41.0 Å². The van der Waals surface area contributed by atoms with Crippen LogP contribution in [0.4, 0.5) is 4.79 Å². The Labute approximate surface area is 155 Å². The smallest absolute Gasteiger partial charge is 0.317 e. The van der Waals surface area contributed by atoms with Crippen LogP contribution in [-0.2, 0) is 11.3 Å². The Hall–Kier alpha value is -2.24. The highest BCUT2D eigenvalue weighted by Crippen LogP contribution is 2.40. The average molecular weight is 359 g/mol. The highest BCUT2D eigenvalue weighted by molar-refractivity contribution is 5.85. The summed E-state index contributed by atoms with van der Waals surface area (Å²) in [4.78, 5) is 29.2. The number of rotatable bonds is 5. The van der Waals surface area contributed by atoms with E-state index < -0.39 is 5.41 Å². The van der Waals surface area contributed by atoms with Gasteiger partial charge in [0.1, 0.15) is 5.75 Å². The molecule has 2 saturated heterocycles. The monoisotopic (exact) mass is 359 g/mol. The van der Waals surface area contributed by atoms with Crippen LogP contribution in [0.2, 0.25) is 0 Å². The Morgan fingerprint density at radius 3 is 2.92 bits per heavy atom. The third-order valence-corrected chi connectivity index (χ3v) is 5.50. The van der Waals surface area contributed by atoms with Crippen LogP contribution in [0.1, 0.15) is 38.2 Å². The number of benzene rings is 1. The summed E-state index contributed by atoms with van der Waals surface area (Å²) < 4.78 is 5.28. The van der Waals surface area contributed by atoms with Gasteiger partial charge in [0, 0.05) is 32.7 Å². The highest BCUT2D eigenvalue weighted by Gasteiger charge is 2.49. The molecule has 0 radical (unpaired) electrons. The second-order valence-electron chi connectivity index (χ2n) is 7.37. The molecule has 3 rings (SSSR count). The van der Waals surface area contributed by atoms with E-state index in [-0.39, 0.29) is 11.9 Å². The number of ether oxygens (including phenoxy) is 1. The number of likely N-dealkylation sites (tertiary alicyclic amines) is 2. The minimum Gasteiger partial charge on any atom is -0.497 e. The molecule has 0 bridgehead atoms. The normalized spacial score (nSPS) is 22.8. The van der Waals surface area contributed by atoms with Crippen LogP contribution < -0.4 is 10.1 Å². The predicted molar refractivity (Wildman–Crippen MR) is 100.0 cm³/mol. The minimum atomic E-state index is -0.402. The van der Waals surface area contributed by atoms with Crippen molar-refractivity contribution in [1.82, 2.24) is 15.1 Å². The molecule has 1 aromatic rings. The van der Waals surface area contributed by atoms with Crippen LogP contribution in [0.5, 0.6) is 5.75 Å². The molecule has 2 fully saturated rings. The second-order valence-corrected chi connectivity index (χ2v) is 7.37. The fraction of sp³-hybridized carbons (Fsp3) is 0.600. The van der Waals surface area contributed by atoms with E-state index in [1.54, 1.807) is 7.11 Å². The van der Waals surface area contributed by atoms with Crippen molar-refractivity contribution in [3.63, 3.8) is 0 Å². The molecule has 0 aromatic heterocycles. The number of carbonyl (C=O) groups excluding carboxylic acids is 2. The predicted octanol–water partition coefficient (Wildman–Crippen LogP) is 2.63. The van der Waals surface area contributed by atoms with E-state index in [4.69, 9.17) is 4.74 Å². The van der Waals surface area contributed by atoms with Crippen molar-refractivity contribution in [2.24, 2.45) is 5.41 Å². The third kappa shape index (κ3) is 3.79. The number of methoxy groups -OCH3 is 1. The maximum absolute atomic E-state index is 13.2. The summed E-state index contributed by atoms with van der Waals surface area (Å²) in [5.41, 5.74) is 0.672. The van der Waals surface area contributed by atoms with Crippen LogP contribution >= 0.6 is 0 Å².